The lowest BCUT2D eigenvalue weighted by Crippen LogP contribution is -2.53. The lowest BCUT2D eigenvalue weighted by Gasteiger charge is -2.33. The third kappa shape index (κ3) is 7.92. The molecule has 0 aromatic carbocycles. The quantitative estimate of drug-likeness (QED) is 0.449. The molecule has 0 spiro atoms. The van der Waals surface area contributed by atoms with Gasteiger partial charge in [0.2, 0.25) is 11.8 Å². The highest BCUT2D eigenvalue weighted by Gasteiger charge is 2.36. The van der Waals surface area contributed by atoms with Crippen LogP contribution in [0.4, 0.5) is 0 Å². The Morgan fingerprint density at radius 3 is 1.92 bits per heavy atom. The summed E-state index contributed by atoms with van der Waals surface area (Å²) in [5.74, 6) is -0.496. The number of amides is 2. The van der Waals surface area contributed by atoms with Gasteiger partial charge in [0.05, 0.1) is 3.42 Å². The number of alkyl halides is 1. The Hall–Kier alpha value is -0.700. The third-order valence-electron chi connectivity index (χ3n) is 3.63. The number of halogens is 1. The molecule has 1 N–H and O–H groups in total. The molecule has 6 nitrogen and oxygen atoms in total. The summed E-state index contributed by atoms with van der Waals surface area (Å²) in [5.41, 5.74) is -0.611. The molecule has 0 aromatic rings. The van der Waals surface area contributed by atoms with Crippen LogP contribution in [0.2, 0.25) is 0 Å². The van der Waals surface area contributed by atoms with E-state index in [0.717, 1.165) is 0 Å². The van der Waals surface area contributed by atoms with Gasteiger partial charge in [0.15, 0.2) is 5.78 Å². The second-order valence-electron chi connectivity index (χ2n) is 7.88. The molecular weight excluding hydrogens is 421 g/mol. The summed E-state index contributed by atoms with van der Waals surface area (Å²) < 4.78 is -0.578. The number of likely N-dealkylation sites (N-methyl/N-ethyl adjacent to an activating group) is 2. The van der Waals surface area contributed by atoms with E-state index in [0.29, 0.717) is 13.1 Å². The number of carbonyl (C=O) groups excluding carboxylic acids is 3. The van der Waals surface area contributed by atoms with Gasteiger partial charge < -0.3 is 15.1 Å². The number of nitrogens with one attached hydrogen (secondary N) is 1. The van der Waals surface area contributed by atoms with Gasteiger partial charge >= 0.3 is 0 Å². The van der Waals surface area contributed by atoms with E-state index in [1.807, 2.05) is 32.8 Å². The van der Waals surface area contributed by atoms with E-state index in [2.05, 4.69) is 27.9 Å². The van der Waals surface area contributed by atoms with Crippen LogP contribution in [0.15, 0.2) is 0 Å². The number of hydrogen-bond donors (Lipinski definition) is 1. The Bertz CT molecular complexity index is 465. The zero-order valence-corrected chi connectivity index (χ0v) is 18.4. The van der Waals surface area contributed by atoms with Crippen LogP contribution in [-0.2, 0) is 14.4 Å². The molecule has 0 rings (SSSR count). The van der Waals surface area contributed by atoms with Crippen LogP contribution in [0.25, 0.3) is 0 Å². The van der Waals surface area contributed by atoms with Crippen LogP contribution in [-0.4, -0.2) is 71.1 Å². The monoisotopic (exact) mass is 453 g/mol. The highest BCUT2D eigenvalue weighted by atomic mass is 127. The van der Waals surface area contributed by atoms with Gasteiger partial charge in [-0.2, -0.15) is 0 Å². The maximum atomic E-state index is 12.6. The van der Waals surface area contributed by atoms with Gasteiger partial charge in [0.25, 0.3) is 0 Å². The predicted molar refractivity (Wildman–Crippen MR) is 105 cm³/mol. The second-order valence-corrected chi connectivity index (χ2v) is 10.6. The van der Waals surface area contributed by atoms with Gasteiger partial charge in [-0.15, -0.1) is 0 Å². The van der Waals surface area contributed by atoms with Crippen LogP contribution in [0.5, 0.6) is 0 Å². The summed E-state index contributed by atoms with van der Waals surface area (Å²) in [5, 5.41) is 2.83. The Morgan fingerprint density at radius 1 is 1.04 bits per heavy atom. The Morgan fingerprint density at radius 2 is 1.54 bits per heavy atom. The van der Waals surface area contributed by atoms with E-state index in [1.54, 1.807) is 27.8 Å². The van der Waals surface area contributed by atoms with Gasteiger partial charge in [-0.05, 0) is 27.9 Å². The van der Waals surface area contributed by atoms with Crippen molar-refractivity contribution in [2.45, 2.75) is 50.5 Å². The molecule has 0 bridgehead atoms. The molecule has 140 valence electrons. The lowest BCUT2D eigenvalue weighted by atomic mass is 9.92. The number of carbonyl (C=O) groups is 3. The fourth-order valence-electron chi connectivity index (χ4n) is 2.01. The van der Waals surface area contributed by atoms with Crippen molar-refractivity contribution in [1.82, 2.24) is 15.1 Å². The number of rotatable bonds is 8. The zero-order chi connectivity index (χ0) is 19.3. The summed E-state index contributed by atoms with van der Waals surface area (Å²) in [4.78, 5) is 40.9. The molecule has 0 aliphatic heterocycles. The van der Waals surface area contributed by atoms with E-state index in [4.69, 9.17) is 0 Å². The normalized spacial score (nSPS) is 13.6. The summed E-state index contributed by atoms with van der Waals surface area (Å²) in [6.45, 7) is 10.2. The van der Waals surface area contributed by atoms with Crippen LogP contribution in [0.3, 0.4) is 0 Å². The van der Waals surface area contributed by atoms with Crippen LogP contribution >= 0.6 is 22.6 Å². The maximum Gasteiger partial charge on any atom is 0.243 e. The zero-order valence-electron chi connectivity index (χ0n) is 16.2. The van der Waals surface area contributed by atoms with Crippen molar-refractivity contribution < 1.29 is 14.4 Å². The summed E-state index contributed by atoms with van der Waals surface area (Å²) >= 11 is 2.06. The van der Waals surface area contributed by atoms with E-state index in [9.17, 15) is 14.4 Å². The van der Waals surface area contributed by atoms with Gasteiger partial charge in [-0.1, -0.05) is 43.4 Å². The van der Waals surface area contributed by atoms with Crippen LogP contribution in [0, 0.1) is 5.41 Å². The first-order valence-electron chi connectivity index (χ1n) is 8.10. The standard InChI is InChI=1S/C17H32IN3O3/c1-16(2,3)15(24)21(8)12(11-13(22)17(4,5)18)14(23)19-9-10-20(6)7/h12H,9-11H2,1-8H3,(H,19,23). The first-order chi connectivity index (χ1) is 10.7. The molecule has 0 saturated heterocycles. The average Bonchev–Trinajstić information content (AvgIpc) is 2.40. The first kappa shape index (κ1) is 23.3. The average molecular weight is 453 g/mol. The summed E-state index contributed by atoms with van der Waals surface area (Å²) in [6, 6.07) is -0.791. The fraction of sp³-hybridized carbons (Fsp3) is 0.824. The lowest BCUT2D eigenvalue weighted by molar-refractivity contribution is -0.146. The molecule has 0 aliphatic carbocycles. The van der Waals surface area contributed by atoms with E-state index in [-0.39, 0.29) is 24.0 Å². The van der Waals surface area contributed by atoms with Gasteiger partial charge in [0, 0.05) is 32.0 Å². The number of nitrogens with zero attached hydrogens (tertiary/aromatic N) is 2. The minimum Gasteiger partial charge on any atom is -0.353 e. The SMILES string of the molecule is CN(C)CCNC(=O)C(CC(=O)C(C)(C)I)N(C)C(=O)C(C)(C)C. The van der Waals surface area contributed by atoms with E-state index < -0.39 is 14.9 Å². The minimum atomic E-state index is -0.791. The van der Waals surface area contributed by atoms with E-state index in [1.165, 1.54) is 4.90 Å². The van der Waals surface area contributed by atoms with Gasteiger partial charge in [-0.25, -0.2) is 0 Å². The molecule has 0 fully saturated rings. The number of Topliss-reactive ketones (excluding diaryl/α,β-unsaturated/α-hetero) is 1. The fourth-order valence-corrected chi connectivity index (χ4v) is 2.24. The Labute approximate surface area is 159 Å². The molecular formula is C17H32IN3O3. The summed E-state index contributed by atoms with van der Waals surface area (Å²) in [6.07, 6.45) is 0.0159. The highest BCUT2D eigenvalue weighted by Crippen LogP contribution is 2.24. The highest BCUT2D eigenvalue weighted by molar-refractivity contribution is 14.1. The second kappa shape index (κ2) is 9.12. The van der Waals surface area contributed by atoms with E-state index >= 15 is 0 Å². The topological polar surface area (TPSA) is 69.7 Å². The molecule has 1 unspecified atom stereocenters. The number of ketones is 1. The summed E-state index contributed by atoms with van der Waals surface area (Å²) in [7, 11) is 5.43. The largest absolute Gasteiger partial charge is 0.353 e. The molecule has 0 aliphatic rings. The van der Waals surface area contributed by atoms with Crippen molar-refractivity contribution in [1.29, 1.82) is 0 Å². The van der Waals surface area contributed by atoms with Crippen LogP contribution < -0.4 is 5.32 Å². The third-order valence-corrected chi connectivity index (χ3v) is 4.23. The minimum absolute atomic E-state index is 0.0159. The molecule has 0 aromatic heterocycles. The van der Waals surface area contributed by atoms with Crippen molar-refractivity contribution in [3.05, 3.63) is 0 Å². The van der Waals surface area contributed by atoms with Crippen molar-refractivity contribution in [2.75, 3.05) is 34.2 Å². The molecule has 0 saturated carbocycles. The van der Waals surface area contributed by atoms with Gasteiger partial charge in [0.1, 0.15) is 6.04 Å². The van der Waals surface area contributed by atoms with Crippen molar-refractivity contribution in [2.24, 2.45) is 5.41 Å². The van der Waals surface area contributed by atoms with Crippen molar-refractivity contribution in [3.8, 4) is 0 Å². The van der Waals surface area contributed by atoms with Crippen molar-refractivity contribution in [3.63, 3.8) is 0 Å². The first-order valence-corrected chi connectivity index (χ1v) is 9.17. The van der Waals surface area contributed by atoms with Crippen LogP contribution in [0.1, 0.15) is 41.0 Å². The molecule has 0 heterocycles. The Balaban J connectivity index is 5.25. The molecule has 2 amide bonds. The molecule has 7 heteroatoms. The maximum absolute atomic E-state index is 12.6. The molecule has 1 atom stereocenters. The van der Waals surface area contributed by atoms with Crippen molar-refractivity contribution >= 4 is 40.2 Å². The number of hydrogen-bond acceptors (Lipinski definition) is 4. The predicted octanol–water partition coefficient (Wildman–Crippen LogP) is 1.71. The molecule has 24 heavy (non-hydrogen) atoms. The van der Waals surface area contributed by atoms with Gasteiger partial charge in [-0.3, -0.25) is 14.4 Å². The molecule has 0 radical (unpaired) electrons. The smallest absolute Gasteiger partial charge is 0.243 e. The Kier molecular flexibility index (Phi) is 8.86.